The van der Waals surface area contributed by atoms with Crippen LogP contribution in [0, 0.1) is 11.8 Å². The van der Waals surface area contributed by atoms with E-state index in [9.17, 15) is 4.79 Å². The number of hydrogen-bond acceptors (Lipinski definition) is 4. The Morgan fingerprint density at radius 1 is 0.879 bits per heavy atom. The first-order valence-corrected chi connectivity index (χ1v) is 12.9. The second-order valence-corrected chi connectivity index (χ2v) is 10.1. The lowest BCUT2D eigenvalue weighted by Crippen LogP contribution is -2.38. The maximum absolute atomic E-state index is 13.0. The second-order valence-electron chi connectivity index (χ2n) is 10.1. The van der Waals surface area contributed by atoms with E-state index in [0.717, 1.165) is 68.5 Å². The molecule has 2 aromatic rings. The largest absolute Gasteiger partial charge is 0.490 e. The van der Waals surface area contributed by atoms with E-state index in [1.54, 1.807) is 0 Å². The van der Waals surface area contributed by atoms with E-state index in [4.69, 9.17) is 4.74 Å². The highest BCUT2D eigenvalue weighted by molar-refractivity contribution is 5.94. The molecule has 3 heterocycles. The molecule has 33 heavy (non-hydrogen) atoms. The lowest BCUT2D eigenvalue weighted by Gasteiger charge is -2.32. The minimum atomic E-state index is 0.183. The molecule has 176 valence electrons. The number of rotatable bonds is 6. The first-order valence-electron chi connectivity index (χ1n) is 12.9. The van der Waals surface area contributed by atoms with Gasteiger partial charge in [-0.1, -0.05) is 38.2 Å². The van der Waals surface area contributed by atoms with Gasteiger partial charge in [0.15, 0.2) is 0 Å². The molecule has 1 aromatic heterocycles. The Balaban J connectivity index is 1.08. The van der Waals surface area contributed by atoms with Crippen LogP contribution in [-0.4, -0.2) is 53.0 Å². The lowest BCUT2D eigenvalue weighted by atomic mass is 9.80. The fourth-order valence-corrected chi connectivity index (χ4v) is 5.92. The molecular weight excluding hydrogens is 410 g/mol. The van der Waals surface area contributed by atoms with Crippen LogP contribution >= 0.6 is 0 Å². The molecule has 0 radical (unpaired) electrons. The van der Waals surface area contributed by atoms with Gasteiger partial charge in [-0.25, -0.2) is 0 Å². The monoisotopic (exact) mass is 447 g/mol. The van der Waals surface area contributed by atoms with Gasteiger partial charge in [0.2, 0.25) is 0 Å². The first-order chi connectivity index (χ1) is 16.2. The molecule has 0 spiro atoms. The molecule has 0 N–H and O–H groups in total. The van der Waals surface area contributed by atoms with Crippen molar-refractivity contribution in [3.63, 3.8) is 0 Å². The standard InChI is InChI=1S/C28H37N3O2/c32-28(31-19-13-24(20-31)22-6-2-1-3-7-22)23-9-11-26(12-10-23)33-27-14-17-30(18-15-27)21-25-8-4-5-16-29-25/h4-5,8-12,16,22,24,27H,1-3,6-7,13-15,17-21H2/t24-/m1/s1. The smallest absolute Gasteiger partial charge is 0.253 e. The molecule has 2 saturated heterocycles. The summed E-state index contributed by atoms with van der Waals surface area (Å²) in [4.78, 5) is 22.0. The number of hydrogen-bond donors (Lipinski definition) is 0. The molecule has 1 amide bonds. The molecule has 5 rings (SSSR count). The summed E-state index contributed by atoms with van der Waals surface area (Å²) in [7, 11) is 0. The number of benzene rings is 1. The third-order valence-corrected chi connectivity index (χ3v) is 7.88. The van der Waals surface area contributed by atoms with Crippen LogP contribution < -0.4 is 4.74 Å². The van der Waals surface area contributed by atoms with Gasteiger partial charge in [0.05, 0.1) is 5.69 Å². The van der Waals surface area contributed by atoms with Crippen molar-refractivity contribution >= 4 is 5.91 Å². The van der Waals surface area contributed by atoms with Crippen molar-refractivity contribution in [2.45, 2.75) is 64.0 Å². The number of aromatic nitrogens is 1. The summed E-state index contributed by atoms with van der Waals surface area (Å²) < 4.78 is 6.24. The number of likely N-dealkylation sites (tertiary alicyclic amines) is 2. The molecule has 0 unspecified atom stereocenters. The summed E-state index contributed by atoms with van der Waals surface area (Å²) in [6.07, 6.45) is 12.2. The van der Waals surface area contributed by atoms with E-state index in [0.29, 0.717) is 5.92 Å². The molecule has 2 aliphatic heterocycles. The number of nitrogens with zero attached hydrogens (tertiary/aromatic N) is 3. The summed E-state index contributed by atoms with van der Waals surface area (Å²) in [6.45, 7) is 4.81. The van der Waals surface area contributed by atoms with Gasteiger partial charge in [-0.05, 0) is 67.5 Å². The molecule has 5 nitrogen and oxygen atoms in total. The van der Waals surface area contributed by atoms with Gasteiger partial charge in [-0.3, -0.25) is 14.7 Å². The van der Waals surface area contributed by atoms with Crippen LogP contribution in [0.5, 0.6) is 5.75 Å². The zero-order valence-electron chi connectivity index (χ0n) is 19.7. The maximum Gasteiger partial charge on any atom is 0.253 e. The van der Waals surface area contributed by atoms with Gasteiger partial charge in [-0.15, -0.1) is 0 Å². The third kappa shape index (κ3) is 5.75. The molecule has 1 aromatic carbocycles. The van der Waals surface area contributed by atoms with Gasteiger partial charge in [-0.2, -0.15) is 0 Å². The van der Waals surface area contributed by atoms with Gasteiger partial charge in [0, 0.05) is 44.5 Å². The highest BCUT2D eigenvalue weighted by atomic mass is 16.5. The average molecular weight is 448 g/mol. The summed E-state index contributed by atoms with van der Waals surface area (Å²) >= 11 is 0. The highest BCUT2D eigenvalue weighted by Crippen LogP contribution is 2.35. The van der Waals surface area contributed by atoms with E-state index in [2.05, 4.69) is 20.9 Å². The van der Waals surface area contributed by atoms with Gasteiger partial charge < -0.3 is 9.64 Å². The van der Waals surface area contributed by atoms with Crippen molar-refractivity contribution in [1.82, 2.24) is 14.8 Å². The minimum absolute atomic E-state index is 0.183. The van der Waals surface area contributed by atoms with E-state index in [1.807, 2.05) is 42.6 Å². The zero-order chi connectivity index (χ0) is 22.5. The minimum Gasteiger partial charge on any atom is -0.490 e. The maximum atomic E-state index is 13.0. The second kappa shape index (κ2) is 10.7. The van der Waals surface area contributed by atoms with Crippen LogP contribution in [0.25, 0.3) is 0 Å². The fraction of sp³-hybridized carbons (Fsp3) is 0.571. The number of ether oxygens (including phenoxy) is 1. The Bertz CT molecular complexity index is 887. The number of amides is 1. The lowest BCUT2D eigenvalue weighted by molar-refractivity contribution is 0.0779. The van der Waals surface area contributed by atoms with Gasteiger partial charge >= 0.3 is 0 Å². The van der Waals surface area contributed by atoms with E-state index in [-0.39, 0.29) is 12.0 Å². The average Bonchev–Trinajstić information content (AvgIpc) is 3.37. The number of carbonyl (C=O) groups excluding carboxylic acids is 1. The van der Waals surface area contributed by atoms with Crippen molar-refractivity contribution in [3.05, 3.63) is 59.9 Å². The first kappa shape index (κ1) is 22.4. The van der Waals surface area contributed by atoms with Gasteiger partial charge in [0.25, 0.3) is 5.91 Å². The van der Waals surface area contributed by atoms with Crippen molar-refractivity contribution < 1.29 is 9.53 Å². The van der Waals surface area contributed by atoms with Crippen LogP contribution in [0.3, 0.4) is 0 Å². The van der Waals surface area contributed by atoms with Crippen LogP contribution in [0.1, 0.15) is 67.4 Å². The Hall–Kier alpha value is -2.40. The SMILES string of the molecule is O=C(c1ccc(OC2CCN(Cc3ccccn3)CC2)cc1)N1CC[C@@H](C2CCCCC2)C1. The van der Waals surface area contributed by atoms with E-state index >= 15 is 0 Å². The van der Waals surface area contributed by atoms with Crippen LogP contribution in [0.4, 0.5) is 0 Å². The Morgan fingerprint density at radius 2 is 1.67 bits per heavy atom. The molecule has 1 aliphatic carbocycles. The number of pyridine rings is 1. The fourth-order valence-electron chi connectivity index (χ4n) is 5.92. The van der Waals surface area contributed by atoms with Crippen LogP contribution in [0.2, 0.25) is 0 Å². The predicted molar refractivity (Wildman–Crippen MR) is 130 cm³/mol. The van der Waals surface area contributed by atoms with Crippen LogP contribution in [-0.2, 0) is 6.54 Å². The Labute approximate surface area is 198 Å². The number of carbonyl (C=O) groups is 1. The Morgan fingerprint density at radius 3 is 2.39 bits per heavy atom. The third-order valence-electron chi connectivity index (χ3n) is 7.88. The quantitative estimate of drug-likeness (QED) is 0.613. The van der Waals surface area contributed by atoms with E-state index < -0.39 is 0 Å². The highest BCUT2D eigenvalue weighted by Gasteiger charge is 2.32. The summed E-state index contributed by atoms with van der Waals surface area (Å²) in [5.41, 5.74) is 1.91. The topological polar surface area (TPSA) is 45.7 Å². The molecule has 5 heteroatoms. The predicted octanol–water partition coefficient (Wildman–Crippen LogP) is 5.17. The van der Waals surface area contributed by atoms with E-state index in [1.165, 1.54) is 38.5 Å². The number of piperidine rings is 1. The van der Waals surface area contributed by atoms with Crippen LogP contribution in [0.15, 0.2) is 48.7 Å². The summed E-state index contributed by atoms with van der Waals surface area (Å²) in [6, 6.07) is 13.9. The van der Waals surface area contributed by atoms with Crippen molar-refractivity contribution in [3.8, 4) is 5.75 Å². The van der Waals surface area contributed by atoms with Gasteiger partial charge in [0.1, 0.15) is 11.9 Å². The summed E-state index contributed by atoms with van der Waals surface area (Å²) in [5.74, 6) is 2.60. The normalized spacial score (nSPS) is 23.0. The zero-order valence-corrected chi connectivity index (χ0v) is 19.7. The van der Waals surface area contributed by atoms with Crippen molar-refractivity contribution in [2.24, 2.45) is 11.8 Å². The Kier molecular flexibility index (Phi) is 7.25. The molecule has 0 bridgehead atoms. The van der Waals surface area contributed by atoms with Crippen molar-refractivity contribution in [1.29, 1.82) is 0 Å². The van der Waals surface area contributed by atoms with Crippen molar-refractivity contribution in [2.75, 3.05) is 26.2 Å². The molecule has 1 atom stereocenters. The molecule has 3 fully saturated rings. The molecular formula is C28H37N3O2. The summed E-state index contributed by atoms with van der Waals surface area (Å²) in [5, 5.41) is 0. The molecule has 3 aliphatic rings. The molecule has 1 saturated carbocycles.